The quantitative estimate of drug-likeness (QED) is 0.891. The number of hydrogen-bond acceptors (Lipinski definition) is 4. The summed E-state index contributed by atoms with van der Waals surface area (Å²) in [7, 11) is 0. The Morgan fingerprint density at radius 1 is 1.61 bits per heavy atom. The Labute approximate surface area is 109 Å². The molecule has 3 atom stereocenters. The minimum Gasteiger partial charge on any atom is -0.375 e. The van der Waals surface area contributed by atoms with Crippen LogP contribution in [0.25, 0.3) is 0 Å². The van der Waals surface area contributed by atoms with Crippen molar-refractivity contribution < 1.29 is 4.74 Å². The number of morpholine rings is 1. The van der Waals surface area contributed by atoms with Gasteiger partial charge in [-0.25, -0.2) is 4.98 Å². The van der Waals surface area contributed by atoms with Crippen LogP contribution in [0.2, 0.25) is 0 Å². The summed E-state index contributed by atoms with van der Waals surface area (Å²) in [6, 6.07) is 4.55. The van der Waals surface area contributed by atoms with Crippen LogP contribution >= 0.6 is 0 Å². The van der Waals surface area contributed by atoms with E-state index >= 15 is 0 Å². The molecule has 0 spiro atoms. The number of aromatic nitrogens is 1. The van der Waals surface area contributed by atoms with E-state index in [9.17, 15) is 0 Å². The first-order chi connectivity index (χ1) is 8.61. The number of ether oxygens (including phenoxy) is 1. The largest absolute Gasteiger partial charge is 0.375 e. The lowest BCUT2D eigenvalue weighted by Gasteiger charge is -2.39. The van der Waals surface area contributed by atoms with E-state index in [0.717, 1.165) is 31.0 Å². The van der Waals surface area contributed by atoms with Crippen LogP contribution in [-0.2, 0) is 4.74 Å². The second kappa shape index (κ2) is 5.67. The van der Waals surface area contributed by atoms with E-state index < -0.39 is 0 Å². The van der Waals surface area contributed by atoms with Crippen molar-refractivity contribution in [2.24, 2.45) is 5.73 Å². The van der Waals surface area contributed by atoms with Crippen LogP contribution in [0.5, 0.6) is 0 Å². The molecular weight excluding hydrogens is 226 g/mol. The molecule has 4 nitrogen and oxygen atoms in total. The molecule has 2 heterocycles. The molecule has 3 unspecified atom stereocenters. The predicted octanol–water partition coefficient (Wildman–Crippen LogP) is 2.10. The van der Waals surface area contributed by atoms with Gasteiger partial charge in [-0.3, -0.25) is 0 Å². The average molecular weight is 249 g/mol. The molecule has 0 saturated carbocycles. The van der Waals surface area contributed by atoms with Gasteiger partial charge in [0.25, 0.3) is 0 Å². The third-order valence-electron chi connectivity index (χ3n) is 3.53. The van der Waals surface area contributed by atoms with E-state index in [2.05, 4.69) is 29.8 Å². The molecule has 0 radical (unpaired) electrons. The molecular formula is C14H23N3O. The molecule has 0 aliphatic carbocycles. The number of hydrogen-bond donors (Lipinski definition) is 1. The fraction of sp³-hybridized carbons (Fsp3) is 0.643. The highest BCUT2D eigenvalue weighted by molar-refractivity contribution is 5.43. The Kier molecular flexibility index (Phi) is 4.19. The Bertz CT molecular complexity index is 394. The van der Waals surface area contributed by atoms with Crippen molar-refractivity contribution in [3.63, 3.8) is 0 Å². The molecule has 1 aliphatic rings. The van der Waals surface area contributed by atoms with E-state index in [1.807, 2.05) is 19.2 Å². The van der Waals surface area contributed by atoms with Crippen molar-refractivity contribution >= 4 is 5.82 Å². The Hall–Kier alpha value is -1.13. The normalized spacial score (nSPS) is 26.1. The Morgan fingerprint density at radius 3 is 3.06 bits per heavy atom. The van der Waals surface area contributed by atoms with Gasteiger partial charge in [0.05, 0.1) is 18.8 Å². The van der Waals surface area contributed by atoms with Crippen molar-refractivity contribution in [1.82, 2.24) is 4.98 Å². The molecule has 1 saturated heterocycles. The van der Waals surface area contributed by atoms with Crippen LogP contribution in [0.15, 0.2) is 18.3 Å². The second-order valence-corrected chi connectivity index (χ2v) is 5.09. The standard InChI is InChI=1S/C14H23N3O/c1-4-13-9-18-10(2)8-17(13)14-7-12(11(3)15)5-6-16-14/h5-7,10-11,13H,4,8-9,15H2,1-3H3. The lowest BCUT2D eigenvalue weighted by atomic mass is 10.1. The monoisotopic (exact) mass is 249 g/mol. The van der Waals surface area contributed by atoms with E-state index in [1.54, 1.807) is 0 Å². The number of pyridine rings is 1. The topological polar surface area (TPSA) is 51.4 Å². The van der Waals surface area contributed by atoms with Gasteiger partial charge in [-0.2, -0.15) is 0 Å². The maximum atomic E-state index is 5.94. The van der Waals surface area contributed by atoms with Crippen LogP contribution in [-0.4, -0.2) is 30.3 Å². The van der Waals surface area contributed by atoms with Crippen molar-refractivity contribution in [3.8, 4) is 0 Å². The fourth-order valence-corrected chi connectivity index (χ4v) is 2.34. The minimum atomic E-state index is 0.0466. The number of nitrogens with zero attached hydrogens (tertiary/aromatic N) is 2. The van der Waals surface area contributed by atoms with Gasteiger partial charge in [0.15, 0.2) is 0 Å². The summed E-state index contributed by atoms with van der Waals surface area (Å²) >= 11 is 0. The number of anilines is 1. The van der Waals surface area contributed by atoms with Crippen LogP contribution in [0, 0.1) is 0 Å². The van der Waals surface area contributed by atoms with Gasteiger partial charge in [0, 0.05) is 18.8 Å². The van der Waals surface area contributed by atoms with E-state index in [1.165, 1.54) is 0 Å². The predicted molar refractivity (Wildman–Crippen MR) is 73.7 cm³/mol. The lowest BCUT2D eigenvalue weighted by molar-refractivity contribution is 0.0296. The Morgan fingerprint density at radius 2 is 2.39 bits per heavy atom. The van der Waals surface area contributed by atoms with E-state index in [4.69, 9.17) is 10.5 Å². The van der Waals surface area contributed by atoms with Crippen molar-refractivity contribution in [3.05, 3.63) is 23.9 Å². The molecule has 1 aromatic heterocycles. The summed E-state index contributed by atoms with van der Waals surface area (Å²) in [5, 5.41) is 0. The Balaban J connectivity index is 2.24. The highest BCUT2D eigenvalue weighted by Gasteiger charge is 2.26. The maximum absolute atomic E-state index is 5.94. The van der Waals surface area contributed by atoms with E-state index in [0.29, 0.717) is 6.04 Å². The summed E-state index contributed by atoms with van der Waals surface area (Å²) in [4.78, 5) is 6.84. The molecule has 18 heavy (non-hydrogen) atoms. The van der Waals surface area contributed by atoms with Gasteiger partial charge >= 0.3 is 0 Å². The molecule has 2 rings (SSSR count). The smallest absolute Gasteiger partial charge is 0.129 e. The molecule has 1 aromatic rings. The van der Waals surface area contributed by atoms with Crippen LogP contribution in [0.1, 0.15) is 38.8 Å². The summed E-state index contributed by atoms with van der Waals surface area (Å²) in [6.07, 6.45) is 3.17. The molecule has 0 bridgehead atoms. The summed E-state index contributed by atoms with van der Waals surface area (Å²) in [5.74, 6) is 1.02. The fourth-order valence-electron chi connectivity index (χ4n) is 2.34. The lowest BCUT2D eigenvalue weighted by Crippen LogP contribution is -2.49. The van der Waals surface area contributed by atoms with Gasteiger partial charge in [0.2, 0.25) is 0 Å². The molecule has 0 amide bonds. The first kappa shape index (κ1) is 13.3. The van der Waals surface area contributed by atoms with Gasteiger partial charge in [0.1, 0.15) is 5.82 Å². The summed E-state index contributed by atoms with van der Waals surface area (Å²) in [5.41, 5.74) is 7.07. The van der Waals surface area contributed by atoms with Crippen LogP contribution in [0.3, 0.4) is 0 Å². The molecule has 1 fully saturated rings. The molecule has 0 aromatic carbocycles. The summed E-state index contributed by atoms with van der Waals surface area (Å²) in [6.45, 7) is 7.97. The SMILES string of the molecule is CCC1COC(C)CN1c1cc(C(C)N)ccn1. The zero-order chi connectivity index (χ0) is 13.1. The van der Waals surface area contributed by atoms with Crippen LogP contribution < -0.4 is 10.6 Å². The van der Waals surface area contributed by atoms with Gasteiger partial charge in [-0.15, -0.1) is 0 Å². The molecule has 100 valence electrons. The zero-order valence-electron chi connectivity index (χ0n) is 11.5. The zero-order valence-corrected chi connectivity index (χ0v) is 11.5. The highest BCUT2D eigenvalue weighted by Crippen LogP contribution is 2.23. The first-order valence-corrected chi connectivity index (χ1v) is 6.71. The van der Waals surface area contributed by atoms with Gasteiger partial charge < -0.3 is 15.4 Å². The maximum Gasteiger partial charge on any atom is 0.129 e. The van der Waals surface area contributed by atoms with Gasteiger partial charge in [-0.05, 0) is 38.0 Å². The number of rotatable bonds is 3. The number of nitrogens with two attached hydrogens (primary N) is 1. The molecule has 4 heteroatoms. The van der Waals surface area contributed by atoms with Gasteiger partial charge in [-0.1, -0.05) is 6.92 Å². The molecule has 1 aliphatic heterocycles. The van der Waals surface area contributed by atoms with Crippen LogP contribution in [0.4, 0.5) is 5.82 Å². The third kappa shape index (κ3) is 2.82. The highest BCUT2D eigenvalue weighted by atomic mass is 16.5. The minimum absolute atomic E-state index is 0.0466. The molecule has 2 N–H and O–H groups in total. The first-order valence-electron chi connectivity index (χ1n) is 6.71. The average Bonchev–Trinajstić information content (AvgIpc) is 2.39. The van der Waals surface area contributed by atoms with E-state index in [-0.39, 0.29) is 12.1 Å². The van der Waals surface area contributed by atoms with Crippen molar-refractivity contribution in [2.75, 3.05) is 18.1 Å². The second-order valence-electron chi connectivity index (χ2n) is 5.09. The third-order valence-corrected chi connectivity index (χ3v) is 3.53. The van der Waals surface area contributed by atoms with Crippen molar-refractivity contribution in [2.45, 2.75) is 45.4 Å². The summed E-state index contributed by atoms with van der Waals surface area (Å²) < 4.78 is 5.72. The van der Waals surface area contributed by atoms with Crippen molar-refractivity contribution in [1.29, 1.82) is 0 Å².